The van der Waals surface area contributed by atoms with Crippen LogP contribution in [0.5, 0.6) is 11.5 Å². The van der Waals surface area contributed by atoms with E-state index < -0.39 is 15.0 Å². The van der Waals surface area contributed by atoms with E-state index in [1.54, 1.807) is 30.3 Å². The summed E-state index contributed by atoms with van der Waals surface area (Å²) in [7, 11) is -0.862. The number of carbonyl (C=O) groups excluding carboxylic acids is 1. The number of nitro groups is 1. The maximum Gasteiger partial charge on any atom is 0.306 e. The minimum atomic E-state index is -3.77. The quantitative estimate of drug-likeness (QED) is 0.215. The third-order valence-electron chi connectivity index (χ3n) is 4.24. The van der Waals surface area contributed by atoms with Gasteiger partial charge in [-0.05, 0) is 41.5 Å². The zero-order valence-electron chi connectivity index (χ0n) is 17.9. The number of nitro benzene ring substituents is 1. The first-order valence-corrected chi connectivity index (χ1v) is 11.2. The van der Waals surface area contributed by atoms with E-state index in [4.69, 9.17) is 13.7 Å². The Kier molecular flexibility index (Phi) is 8.73. The predicted octanol–water partition coefficient (Wildman–Crippen LogP) is 2.63. The van der Waals surface area contributed by atoms with Gasteiger partial charge in [-0.15, -0.1) is 0 Å². The molecule has 0 aliphatic carbocycles. The van der Waals surface area contributed by atoms with Crippen LogP contribution in [0.3, 0.4) is 0 Å². The highest BCUT2D eigenvalue weighted by molar-refractivity contribution is 7.86. The molecule has 0 aliphatic heterocycles. The first-order chi connectivity index (χ1) is 15.1. The van der Waals surface area contributed by atoms with Crippen LogP contribution in [0.25, 0.3) is 6.08 Å². The molecule has 172 valence electrons. The summed E-state index contributed by atoms with van der Waals surface area (Å²) in [4.78, 5) is 24.5. The van der Waals surface area contributed by atoms with E-state index in [2.05, 4.69) is 0 Å². The largest absolute Gasteiger partial charge is 0.493 e. The molecule has 0 unspecified atom stereocenters. The van der Waals surface area contributed by atoms with Gasteiger partial charge in [0, 0.05) is 38.4 Å². The number of carbonyl (C=O) groups is 1. The molecule has 0 aliphatic rings. The zero-order chi connectivity index (χ0) is 23.7. The number of benzene rings is 2. The van der Waals surface area contributed by atoms with Crippen LogP contribution in [0.2, 0.25) is 0 Å². The maximum absolute atomic E-state index is 12.8. The lowest BCUT2D eigenvalue weighted by molar-refractivity contribution is -0.384. The second-order valence-corrected chi connectivity index (χ2v) is 8.28. The number of non-ortho nitro benzene ring substituents is 1. The molecular weight excluding hydrogens is 440 g/mol. The molecule has 0 saturated heterocycles. The van der Waals surface area contributed by atoms with Gasteiger partial charge in [0.1, 0.15) is 0 Å². The monoisotopic (exact) mass is 464 g/mol. The molecule has 0 heterocycles. The summed E-state index contributed by atoms with van der Waals surface area (Å²) < 4.78 is 38.2. The van der Waals surface area contributed by atoms with Crippen LogP contribution < -0.4 is 8.92 Å². The van der Waals surface area contributed by atoms with Crippen LogP contribution in [0.15, 0.2) is 48.5 Å². The molecule has 0 radical (unpaired) electrons. The molecule has 1 amide bonds. The van der Waals surface area contributed by atoms with Gasteiger partial charge in [0.25, 0.3) is 5.69 Å². The van der Waals surface area contributed by atoms with Crippen LogP contribution >= 0.6 is 0 Å². The normalized spacial score (nSPS) is 11.3. The lowest BCUT2D eigenvalue weighted by Gasteiger charge is -2.21. The van der Waals surface area contributed by atoms with E-state index >= 15 is 0 Å². The van der Waals surface area contributed by atoms with E-state index in [0.717, 1.165) is 6.26 Å². The van der Waals surface area contributed by atoms with Crippen LogP contribution in [0, 0.1) is 10.1 Å². The van der Waals surface area contributed by atoms with E-state index in [1.807, 2.05) is 0 Å². The summed E-state index contributed by atoms with van der Waals surface area (Å²) in [6.45, 7) is 0.741. The average molecular weight is 464 g/mol. The van der Waals surface area contributed by atoms with Gasteiger partial charge < -0.3 is 18.6 Å². The van der Waals surface area contributed by atoms with Gasteiger partial charge in [0.15, 0.2) is 11.5 Å². The predicted molar refractivity (Wildman–Crippen MR) is 118 cm³/mol. The van der Waals surface area contributed by atoms with Gasteiger partial charge in [-0.2, -0.15) is 8.42 Å². The van der Waals surface area contributed by atoms with Crippen LogP contribution in [-0.2, 0) is 26.2 Å². The molecular formula is C21H24N2O8S. The SMILES string of the molecule is COCCN(Cc1ccc(OC)c(OS(C)(=O)=O)c1)C(=O)C=Cc1ccc([N+](=O)[O-])cc1. The first-order valence-electron chi connectivity index (χ1n) is 9.39. The Balaban J connectivity index is 2.21. The number of rotatable bonds is 11. The van der Waals surface area contributed by atoms with E-state index in [1.165, 1.54) is 43.4 Å². The topological polar surface area (TPSA) is 125 Å². The third-order valence-corrected chi connectivity index (χ3v) is 4.72. The van der Waals surface area contributed by atoms with Crippen molar-refractivity contribution in [3.8, 4) is 11.5 Å². The summed E-state index contributed by atoms with van der Waals surface area (Å²) in [5, 5.41) is 10.7. The van der Waals surface area contributed by atoms with Gasteiger partial charge in [-0.1, -0.05) is 6.07 Å². The third kappa shape index (κ3) is 7.67. The van der Waals surface area contributed by atoms with Crippen molar-refractivity contribution in [1.82, 2.24) is 4.90 Å². The summed E-state index contributed by atoms with van der Waals surface area (Å²) in [5.74, 6) is -0.0538. The second kappa shape index (κ2) is 11.3. The van der Waals surface area contributed by atoms with Gasteiger partial charge in [0.05, 0.1) is 24.9 Å². The highest BCUT2D eigenvalue weighted by atomic mass is 32.2. The summed E-state index contributed by atoms with van der Waals surface area (Å²) >= 11 is 0. The van der Waals surface area contributed by atoms with E-state index in [-0.39, 0.29) is 36.2 Å². The van der Waals surface area contributed by atoms with Crippen LogP contribution in [-0.4, -0.2) is 57.8 Å². The standard InChI is InChI=1S/C21H24N2O8S/c1-29-13-12-22(21(24)11-7-16-4-8-18(9-5-16)23(25)26)15-17-6-10-19(30-2)20(14-17)31-32(3,27)28/h4-11,14H,12-13,15H2,1-3H3. The molecule has 10 nitrogen and oxygen atoms in total. The molecule has 0 aromatic heterocycles. The highest BCUT2D eigenvalue weighted by Gasteiger charge is 2.16. The van der Waals surface area contributed by atoms with Crippen LogP contribution in [0.4, 0.5) is 5.69 Å². The lowest BCUT2D eigenvalue weighted by atomic mass is 10.1. The summed E-state index contributed by atoms with van der Waals surface area (Å²) in [6, 6.07) is 10.5. The van der Waals surface area contributed by atoms with Crippen molar-refractivity contribution in [2.75, 3.05) is 33.6 Å². The smallest absolute Gasteiger partial charge is 0.306 e. The van der Waals surface area contributed by atoms with E-state index in [0.29, 0.717) is 17.7 Å². The molecule has 0 fully saturated rings. The van der Waals surface area contributed by atoms with Crippen molar-refractivity contribution < 1.29 is 31.8 Å². The zero-order valence-corrected chi connectivity index (χ0v) is 18.7. The van der Waals surface area contributed by atoms with Crippen molar-refractivity contribution in [1.29, 1.82) is 0 Å². The molecule has 2 aromatic carbocycles. The minimum Gasteiger partial charge on any atom is -0.493 e. The number of methoxy groups -OCH3 is 2. The number of ether oxygens (including phenoxy) is 2. The summed E-state index contributed by atoms with van der Waals surface area (Å²) in [5.41, 5.74) is 1.21. The molecule has 11 heteroatoms. The van der Waals surface area contributed by atoms with Crippen molar-refractivity contribution in [3.63, 3.8) is 0 Å². The van der Waals surface area contributed by atoms with Crippen molar-refractivity contribution >= 4 is 27.8 Å². The van der Waals surface area contributed by atoms with Crippen molar-refractivity contribution in [3.05, 3.63) is 69.8 Å². The van der Waals surface area contributed by atoms with Crippen molar-refractivity contribution in [2.24, 2.45) is 0 Å². The van der Waals surface area contributed by atoms with Gasteiger partial charge >= 0.3 is 10.1 Å². The number of hydrogen-bond donors (Lipinski definition) is 0. The molecule has 0 N–H and O–H groups in total. The van der Waals surface area contributed by atoms with Gasteiger partial charge in [-0.3, -0.25) is 14.9 Å². The molecule has 0 saturated carbocycles. The Morgan fingerprint density at radius 2 is 1.81 bits per heavy atom. The fourth-order valence-corrected chi connectivity index (χ4v) is 3.17. The lowest BCUT2D eigenvalue weighted by Crippen LogP contribution is -2.32. The molecule has 2 rings (SSSR count). The Hall–Kier alpha value is -3.44. The maximum atomic E-state index is 12.8. The highest BCUT2D eigenvalue weighted by Crippen LogP contribution is 2.29. The number of amides is 1. The van der Waals surface area contributed by atoms with Crippen molar-refractivity contribution in [2.45, 2.75) is 6.54 Å². The number of hydrogen-bond acceptors (Lipinski definition) is 8. The first kappa shape index (κ1) is 24.8. The van der Waals surface area contributed by atoms with Gasteiger partial charge in [0.2, 0.25) is 5.91 Å². The molecule has 0 atom stereocenters. The Morgan fingerprint density at radius 3 is 2.38 bits per heavy atom. The fourth-order valence-electron chi connectivity index (χ4n) is 2.72. The molecule has 32 heavy (non-hydrogen) atoms. The Labute approximate surface area is 186 Å². The molecule has 0 spiro atoms. The Morgan fingerprint density at radius 1 is 1.12 bits per heavy atom. The van der Waals surface area contributed by atoms with Gasteiger partial charge in [-0.25, -0.2) is 0 Å². The van der Waals surface area contributed by atoms with Crippen LogP contribution in [0.1, 0.15) is 11.1 Å². The summed E-state index contributed by atoms with van der Waals surface area (Å²) in [6.07, 6.45) is 3.84. The number of nitrogens with zero attached hydrogens (tertiary/aromatic N) is 2. The second-order valence-electron chi connectivity index (χ2n) is 6.71. The average Bonchev–Trinajstić information content (AvgIpc) is 2.74. The fraction of sp³-hybridized carbons (Fsp3) is 0.286. The van der Waals surface area contributed by atoms with E-state index in [9.17, 15) is 23.3 Å². The minimum absolute atomic E-state index is 0.0214. The molecule has 2 aromatic rings. The Bertz CT molecular complexity index is 1080. The molecule has 0 bridgehead atoms.